The molecule has 32 heavy (non-hydrogen) atoms. The van der Waals surface area contributed by atoms with Gasteiger partial charge in [-0.05, 0) is 59.3 Å². The summed E-state index contributed by atoms with van der Waals surface area (Å²) < 4.78 is 1.03. The van der Waals surface area contributed by atoms with Crippen molar-refractivity contribution in [2.45, 2.75) is 6.92 Å². The molecule has 0 saturated carbocycles. The van der Waals surface area contributed by atoms with Crippen LogP contribution >= 0.6 is 22.7 Å². The second kappa shape index (κ2) is 8.86. The zero-order valence-electron chi connectivity index (χ0n) is 17.3. The second-order valence-electron chi connectivity index (χ2n) is 7.29. The minimum absolute atomic E-state index is 0.215. The molecular weight excluding hydrogens is 434 g/mol. The highest BCUT2D eigenvalue weighted by molar-refractivity contribution is 7.22. The van der Waals surface area contributed by atoms with Gasteiger partial charge in [0, 0.05) is 10.4 Å². The van der Waals surface area contributed by atoms with E-state index < -0.39 is 0 Å². The van der Waals surface area contributed by atoms with Crippen LogP contribution in [0.3, 0.4) is 0 Å². The predicted molar refractivity (Wildman–Crippen MR) is 135 cm³/mol. The van der Waals surface area contributed by atoms with Gasteiger partial charge < -0.3 is 0 Å². The number of fused-ring (bicyclic) bond motifs is 1. The van der Waals surface area contributed by atoms with E-state index in [-0.39, 0.29) is 5.91 Å². The second-order valence-corrected chi connectivity index (χ2v) is 9.28. The number of benzene rings is 3. The van der Waals surface area contributed by atoms with Crippen molar-refractivity contribution in [2.75, 3.05) is 5.01 Å². The van der Waals surface area contributed by atoms with E-state index in [1.54, 1.807) is 17.6 Å². The first-order valence-corrected chi connectivity index (χ1v) is 11.8. The molecule has 0 bridgehead atoms. The largest absolute Gasteiger partial charge is 0.280 e. The lowest BCUT2D eigenvalue weighted by atomic mass is 10.0. The van der Waals surface area contributed by atoms with E-state index in [1.165, 1.54) is 16.3 Å². The van der Waals surface area contributed by atoms with Gasteiger partial charge in [-0.15, -0.1) is 11.3 Å². The summed E-state index contributed by atoms with van der Waals surface area (Å²) in [5, 5.41) is 8.46. The number of hydrazone groups is 1. The first-order valence-electron chi connectivity index (χ1n) is 10.1. The van der Waals surface area contributed by atoms with Gasteiger partial charge in [-0.3, -0.25) is 4.79 Å². The van der Waals surface area contributed by atoms with Crippen molar-refractivity contribution >= 4 is 50.1 Å². The van der Waals surface area contributed by atoms with Crippen LogP contribution in [0.25, 0.3) is 21.3 Å². The molecular formula is C26H19N3OS2. The highest BCUT2D eigenvalue weighted by Crippen LogP contribution is 2.31. The Kier molecular flexibility index (Phi) is 5.62. The van der Waals surface area contributed by atoms with E-state index in [2.05, 4.69) is 28.3 Å². The number of rotatable bonds is 5. The Morgan fingerprint density at radius 2 is 1.72 bits per heavy atom. The number of hydrogen-bond acceptors (Lipinski definition) is 5. The first kappa shape index (κ1) is 20.3. The lowest BCUT2D eigenvalue weighted by Crippen LogP contribution is -2.25. The number of aromatic nitrogens is 1. The van der Waals surface area contributed by atoms with Crippen molar-refractivity contribution in [3.8, 4) is 11.1 Å². The monoisotopic (exact) mass is 453 g/mol. The Hall–Kier alpha value is -3.61. The third-order valence-corrected chi connectivity index (χ3v) is 6.79. The summed E-state index contributed by atoms with van der Waals surface area (Å²) in [5.41, 5.74) is 4.75. The molecule has 0 spiro atoms. The molecule has 0 aliphatic rings. The average molecular weight is 454 g/mol. The smallest absolute Gasteiger partial charge is 0.267 e. The van der Waals surface area contributed by atoms with Gasteiger partial charge in [-0.1, -0.05) is 65.9 Å². The highest BCUT2D eigenvalue weighted by atomic mass is 32.1. The van der Waals surface area contributed by atoms with Gasteiger partial charge in [-0.25, -0.2) is 4.98 Å². The third kappa shape index (κ3) is 4.23. The Labute approximate surface area is 194 Å². The number of hydrogen-bond donors (Lipinski definition) is 0. The van der Waals surface area contributed by atoms with E-state index in [0.717, 1.165) is 31.8 Å². The Balaban J connectivity index is 1.51. The SMILES string of the molecule is Cc1ccc2nc(N(/N=C/c3cccs3)C(=O)c3ccc(-c4ccccc4)cc3)sc2c1. The van der Waals surface area contributed by atoms with Gasteiger partial charge in [-0.2, -0.15) is 10.1 Å². The van der Waals surface area contributed by atoms with Crippen molar-refractivity contribution in [2.24, 2.45) is 5.10 Å². The minimum Gasteiger partial charge on any atom is -0.267 e. The molecule has 0 aliphatic heterocycles. The molecule has 156 valence electrons. The summed E-state index contributed by atoms with van der Waals surface area (Å²) in [6, 6.07) is 27.7. The number of thiophene rings is 1. The van der Waals surface area contributed by atoms with E-state index >= 15 is 0 Å². The molecule has 0 fully saturated rings. The van der Waals surface area contributed by atoms with Crippen molar-refractivity contribution < 1.29 is 4.79 Å². The molecule has 0 N–H and O–H groups in total. The number of amides is 1. The van der Waals surface area contributed by atoms with Crippen molar-refractivity contribution in [3.05, 3.63) is 106 Å². The Bertz CT molecular complexity index is 1390. The molecule has 4 nitrogen and oxygen atoms in total. The van der Waals surface area contributed by atoms with E-state index in [0.29, 0.717) is 10.7 Å². The fourth-order valence-electron chi connectivity index (χ4n) is 3.34. The van der Waals surface area contributed by atoms with Crippen LogP contribution in [0, 0.1) is 6.92 Å². The molecule has 6 heteroatoms. The van der Waals surface area contributed by atoms with E-state index in [4.69, 9.17) is 0 Å². The van der Waals surface area contributed by atoms with Crippen LogP contribution in [-0.4, -0.2) is 17.1 Å². The standard InChI is InChI=1S/C26H19N3OS2/c1-18-9-14-23-24(16-18)32-26(28-23)29(27-17-22-8-5-15-31-22)25(30)21-12-10-20(11-13-21)19-6-3-2-4-7-19/h2-17H,1H3/b27-17+. The van der Waals surface area contributed by atoms with Gasteiger partial charge in [0.05, 0.1) is 16.4 Å². The molecule has 0 aliphatic carbocycles. The average Bonchev–Trinajstić information content (AvgIpc) is 3.49. The van der Waals surface area contributed by atoms with Gasteiger partial charge in [0.1, 0.15) is 0 Å². The van der Waals surface area contributed by atoms with Crippen LogP contribution in [0.15, 0.2) is 95.4 Å². The summed E-state index contributed by atoms with van der Waals surface area (Å²) in [6.45, 7) is 2.05. The zero-order valence-corrected chi connectivity index (χ0v) is 18.9. The number of anilines is 1. The van der Waals surface area contributed by atoms with Crippen molar-refractivity contribution in [1.29, 1.82) is 0 Å². The van der Waals surface area contributed by atoms with Gasteiger partial charge in [0.25, 0.3) is 5.91 Å². The molecule has 3 aromatic carbocycles. The number of thiazole rings is 1. The molecule has 0 radical (unpaired) electrons. The summed E-state index contributed by atoms with van der Waals surface area (Å²) in [4.78, 5) is 19.1. The van der Waals surface area contributed by atoms with Crippen LogP contribution in [0.2, 0.25) is 0 Å². The van der Waals surface area contributed by atoms with Crippen molar-refractivity contribution in [3.63, 3.8) is 0 Å². The van der Waals surface area contributed by atoms with Crippen molar-refractivity contribution in [1.82, 2.24) is 4.98 Å². The molecule has 5 aromatic rings. The molecule has 0 unspecified atom stereocenters. The summed E-state index contributed by atoms with van der Waals surface area (Å²) in [7, 11) is 0. The minimum atomic E-state index is -0.215. The first-order chi connectivity index (χ1) is 15.7. The van der Waals surface area contributed by atoms with Gasteiger partial charge in [0.15, 0.2) is 0 Å². The lowest BCUT2D eigenvalue weighted by molar-refractivity contribution is 0.0988. The van der Waals surface area contributed by atoms with Crippen LogP contribution in [0.5, 0.6) is 0 Å². The maximum absolute atomic E-state index is 13.5. The van der Waals surface area contributed by atoms with E-state index in [9.17, 15) is 4.79 Å². The lowest BCUT2D eigenvalue weighted by Gasteiger charge is -2.14. The molecule has 5 rings (SSSR count). The molecule has 2 heterocycles. The summed E-state index contributed by atoms with van der Waals surface area (Å²) in [5.74, 6) is -0.215. The number of carbonyl (C=O) groups is 1. The summed E-state index contributed by atoms with van der Waals surface area (Å²) >= 11 is 3.03. The number of carbonyl (C=O) groups excluding carboxylic acids is 1. The van der Waals surface area contributed by atoms with E-state index in [1.807, 2.05) is 79.0 Å². The van der Waals surface area contributed by atoms with Gasteiger partial charge >= 0.3 is 0 Å². The molecule has 0 saturated heterocycles. The van der Waals surface area contributed by atoms with Gasteiger partial charge in [0.2, 0.25) is 5.13 Å². The Morgan fingerprint density at radius 1 is 0.938 bits per heavy atom. The fourth-order valence-corrected chi connectivity index (χ4v) is 4.94. The normalized spacial score (nSPS) is 11.3. The molecule has 1 amide bonds. The zero-order chi connectivity index (χ0) is 21.9. The number of aryl methyl sites for hydroxylation is 1. The molecule has 0 atom stereocenters. The predicted octanol–water partition coefficient (Wildman–Crippen LogP) is 7.01. The summed E-state index contributed by atoms with van der Waals surface area (Å²) in [6.07, 6.45) is 1.71. The number of nitrogens with zero attached hydrogens (tertiary/aromatic N) is 3. The molecule has 2 aromatic heterocycles. The quantitative estimate of drug-likeness (QED) is 0.212. The topological polar surface area (TPSA) is 45.6 Å². The van der Waals surface area contributed by atoms with Crippen LogP contribution in [-0.2, 0) is 0 Å². The maximum atomic E-state index is 13.5. The highest BCUT2D eigenvalue weighted by Gasteiger charge is 2.21. The van der Waals surface area contributed by atoms with Crippen LogP contribution in [0.4, 0.5) is 5.13 Å². The fraction of sp³-hybridized carbons (Fsp3) is 0.0385. The maximum Gasteiger partial charge on any atom is 0.280 e. The third-order valence-electron chi connectivity index (χ3n) is 4.99. The van der Waals surface area contributed by atoms with Crippen LogP contribution in [0.1, 0.15) is 20.8 Å². The Morgan fingerprint density at radius 3 is 2.47 bits per heavy atom. The van der Waals surface area contributed by atoms with Crippen LogP contribution < -0.4 is 5.01 Å².